The minimum Gasteiger partial charge on any atom is -0.375 e. The average Bonchev–Trinajstić information content (AvgIpc) is 2.61. The molecule has 0 fully saturated rings. The predicted octanol–water partition coefficient (Wildman–Crippen LogP) is 3.46. The van der Waals surface area contributed by atoms with E-state index >= 15 is 0 Å². The van der Waals surface area contributed by atoms with Crippen LogP contribution < -0.4 is 10.6 Å². The molecule has 0 unspecified atom stereocenters. The molecule has 0 radical (unpaired) electrons. The Morgan fingerprint density at radius 3 is 2.56 bits per heavy atom. The first-order chi connectivity index (χ1) is 11.7. The van der Waals surface area contributed by atoms with Crippen molar-refractivity contribution in [1.29, 1.82) is 0 Å². The predicted molar refractivity (Wildman–Crippen MR) is 106 cm³/mol. The first-order valence-electron chi connectivity index (χ1n) is 7.69. The molecule has 0 amide bonds. The number of hydrogen-bond donors (Lipinski definition) is 2. The van der Waals surface area contributed by atoms with Gasteiger partial charge in [-0.1, -0.05) is 30.3 Å². The molecule has 2 aromatic rings. The molecule has 0 bridgehead atoms. The van der Waals surface area contributed by atoms with E-state index in [0.29, 0.717) is 25.7 Å². The maximum Gasteiger partial charge on any atom is 0.191 e. The third kappa shape index (κ3) is 7.78. The molecule has 0 aliphatic carbocycles. The van der Waals surface area contributed by atoms with Crippen LogP contribution in [-0.2, 0) is 17.9 Å². The van der Waals surface area contributed by atoms with Crippen LogP contribution >= 0.6 is 24.0 Å². The maximum absolute atomic E-state index is 13.6. The number of rotatable bonds is 7. The van der Waals surface area contributed by atoms with E-state index in [1.807, 2.05) is 30.3 Å². The van der Waals surface area contributed by atoms with Gasteiger partial charge in [0, 0.05) is 25.7 Å². The monoisotopic (exact) mass is 461 g/mol. The molecule has 0 saturated carbocycles. The van der Waals surface area contributed by atoms with Crippen LogP contribution in [0.5, 0.6) is 0 Å². The summed E-state index contributed by atoms with van der Waals surface area (Å²) in [5, 5.41) is 6.00. The van der Waals surface area contributed by atoms with E-state index in [1.165, 1.54) is 6.07 Å². The van der Waals surface area contributed by atoms with Gasteiger partial charge in [0.2, 0.25) is 0 Å². The summed E-state index contributed by atoms with van der Waals surface area (Å²) in [4.78, 5) is 4.03. The van der Waals surface area contributed by atoms with Gasteiger partial charge in [-0.25, -0.2) is 8.78 Å². The smallest absolute Gasteiger partial charge is 0.191 e. The zero-order valence-electron chi connectivity index (χ0n) is 14.0. The SMILES string of the molecule is CN=C(NCCOCc1ccccc1)NCc1cc(F)ccc1F.I. The molecule has 0 aliphatic rings. The lowest BCUT2D eigenvalue weighted by molar-refractivity contribution is 0.125. The highest BCUT2D eigenvalue weighted by Crippen LogP contribution is 2.09. The normalized spacial score (nSPS) is 10.9. The van der Waals surface area contributed by atoms with Crippen molar-refractivity contribution in [3.05, 3.63) is 71.3 Å². The van der Waals surface area contributed by atoms with Gasteiger partial charge >= 0.3 is 0 Å². The third-order valence-electron chi connectivity index (χ3n) is 3.33. The van der Waals surface area contributed by atoms with Crippen molar-refractivity contribution < 1.29 is 13.5 Å². The number of nitrogens with one attached hydrogen (secondary N) is 2. The number of guanidine groups is 1. The van der Waals surface area contributed by atoms with Crippen LogP contribution in [0.1, 0.15) is 11.1 Å². The first-order valence-corrected chi connectivity index (χ1v) is 7.69. The Balaban J connectivity index is 0.00000312. The Hall–Kier alpha value is -1.74. The highest BCUT2D eigenvalue weighted by Gasteiger charge is 2.05. The van der Waals surface area contributed by atoms with Crippen LogP contribution in [0.15, 0.2) is 53.5 Å². The van der Waals surface area contributed by atoms with Crippen molar-refractivity contribution >= 4 is 29.9 Å². The van der Waals surface area contributed by atoms with Crippen LogP contribution in [-0.4, -0.2) is 26.2 Å². The van der Waals surface area contributed by atoms with Gasteiger partial charge in [-0.15, -0.1) is 24.0 Å². The zero-order chi connectivity index (χ0) is 17.2. The molecule has 0 heterocycles. The minimum atomic E-state index is -0.467. The summed E-state index contributed by atoms with van der Waals surface area (Å²) in [7, 11) is 1.61. The lowest BCUT2D eigenvalue weighted by Gasteiger charge is -2.12. The number of aliphatic imine (C=N–C) groups is 1. The molecule has 2 aromatic carbocycles. The lowest BCUT2D eigenvalue weighted by atomic mass is 10.2. The second-order valence-electron chi connectivity index (χ2n) is 5.13. The van der Waals surface area contributed by atoms with Gasteiger partial charge in [-0.3, -0.25) is 4.99 Å². The molecule has 0 spiro atoms. The highest BCUT2D eigenvalue weighted by molar-refractivity contribution is 14.0. The van der Waals surface area contributed by atoms with Crippen molar-refractivity contribution in [2.75, 3.05) is 20.2 Å². The maximum atomic E-state index is 13.6. The largest absolute Gasteiger partial charge is 0.375 e. The average molecular weight is 461 g/mol. The molecule has 136 valence electrons. The van der Waals surface area contributed by atoms with Crippen LogP contribution in [0.25, 0.3) is 0 Å². The van der Waals surface area contributed by atoms with Crippen molar-refractivity contribution in [3.63, 3.8) is 0 Å². The second kappa shape index (κ2) is 11.8. The molecule has 2 N–H and O–H groups in total. The fraction of sp³-hybridized carbons (Fsp3) is 0.278. The summed E-state index contributed by atoms with van der Waals surface area (Å²) in [5.41, 5.74) is 1.36. The fourth-order valence-electron chi connectivity index (χ4n) is 2.08. The second-order valence-corrected chi connectivity index (χ2v) is 5.13. The summed E-state index contributed by atoms with van der Waals surface area (Å²) in [6, 6.07) is 13.3. The Kier molecular flexibility index (Phi) is 10.0. The first kappa shape index (κ1) is 21.3. The van der Waals surface area contributed by atoms with Crippen LogP contribution in [0.4, 0.5) is 8.78 Å². The van der Waals surface area contributed by atoms with E-state index in [0.717, 1.165) is 17.7 Å². The molecule has 0 atom stereocenters. The molecule has 7 heteroatoms. The third-order valence-corrected chi connectivity index (χ3v) is 3.33. The van der Waals surface area contributed by atoms with E-state index in [4.69, 9.17) is 4.74 Å². The van der Waals surface area contributed by atoms with Gasteiger partial charge in [0.15, 0.2) is 5.96 Å². The lowest BCUT2D eigenvalue weighted by Crippen LogP contribution is -2.38. The molecular formula is C18H22F2IN3O. The topological polar surface area (TPSA) is 45.7 Å². The van der Waals surface area contributed by atoms with Gasteiger partial charge < -0.3 is 15.4 Å². The van der Waals surface area contributed by atoms with Gasteiger partial charge in [0.25, 0.3) is 0 Å². The Bertz CT molecular complexity index is 669. The number of benzene rings is 2. The summed E-state index contributed by atoms with van der Waals surface area (Å²) >= 11 is 0. The summed E-state index contributed by atoms with van der Waals surface area (Å²) in [5.74, 6) is -0.419. The molecule has 0 saturated heterocycles. The van der Waals surface area contributed by atoms with Crippen LogP contribution in [0, 0.1) is 11.6 Å². The van der Waals surface area contributed by atoms with Gasteiger partial charge in [-0.2, -0.15) is 0 Å². The minimum absolute atomic E-state index is 0. The highest BCUT2D eigenvalue weighted by atomic mass is 127. The summed E-state index contributed by atoms with van der Waals surface area (Å²) in [6.07, 6.45) is 0. The molecule has 2 rings (SSSR count). The number of hydrogen-bond acceptors (Lipinski definition) is 2. The van der Waals surface area contributed by atoms with E-state index in [2.05, 4.69) is 15.6 Å². The van der Waals surface area contributed by atoms with E-state index in [-0.39, 0.29) is 36.1 Å². The zero-order valence-corrected chi connectivity index (χ0v) is 16.3. The molecular weight excluding hydrogens is 439 g/mol. The van der Waals surface area contributed by atoms with E-state index < -0.39 is 11.6 Å². The summed E-state index contributed by atoms with van der Waals surface area (Å²) < 4.78 is 32.2. The number of halogens is 3. The van der Waals surface area contributed by atoms with E-state index in [9.17, 15) is 8.78 Å². The fourth-order valence-corrected chi connectivity index (χ4v) is 2.08. The molecule has 0 aromatic heterocycles. The molecule has 4 nitrogen and oxygen atoms in total. The Morgan fingerprint density at radius 2 is 1.84 bits per heavy atom. The van der Waals surface area contributed by atoms with Crippen molar-refractivity contribution in [1.82, 2.24) is 10.6 Å². The van der Waals surface area contributed by atoms with Crippen LogP contribution in [0.3, 0.4) is 0 Å². The van der Waals surface area contributed by atoms with Crippen LogP contribution in [0.2, 0.25) is 0 Å². The molecule has 25 heavy (non-hydrogen) atoms. The van der Waals surface area contributed by atoms with Crippen molar-refractivity contribution in [2.24, 2.45) is 4.99 Å². The quantitative estimate of drug-likeness (QED) is 0.288. The van der Waals surface area contributed by atoms with Gasteiger partial charge in [0.1, 0.15) is 11.6 Å². The standard InChI is InChI=1S/C18H21F2N3O.HI/c1-21-18(23-12-15-11-16(19)7-8-17(15)20)22-9-10-24-13-14-5-3-2-4-6-14;/h2-8,11H,9-10,12-13H2,1H3,(H2,21,22,23);1H. The van der Waals surface area contributed by atoms with Crippen molar-refractivity contribution in [3.8, 4) is 0 Å². The van der Waals surface area contributed by atoms with Crippen molar-refractivity contribution in [2.45, 2.75) is 13.2 Å². The Labute approximate surface area is 163 Å². The number of ether oxygens (including phenoxy) is 1. The van der Waals surface area contributed by atoms with Gasteiger partial charge in [0.05, 0.1) is 13.2 Å². The molecule has 0 aliphatic heterocycles. The Morgan fingerprint density at radius 1 is 1.08 bits per heavy atom. The van der Waals surface area contributed by atoms with E-state index in [1.54, 1.807) is 7.05 Å². The van der Waals surface area contributed by atoms with Gasteiger partial charge in [-0.05, 0) is 23.8 Å². The number of nitrogens with zero attached hydrogens (tertiary/aromatic N) is 1. The summed E-state index contributed by atoms with van der Waals surface area (Å²) in [6.45, 7) is 1.75.